The predicted molar refractivity (Wildman–Crippen MR) is 59.2 cm³/mol. The van der Waals surface area contributed by atoms with Crippen LogP contribution in [0, 0.1) is 0 Å². The summed E-state index contributed by atoms with van der Waals surface area (Å²) in [6, 6.07) is 0.750. The number of nitrogens with one attached hydrogen (secondary N) is 2. The van der Waals surface area contributed by atoms with Crippen LogP contribution in [0.2, 0.25) is 5.28 Å². The summed E-state index contributed by atoms with van der Waals surface area (Å²) in [5.74, 6) is -0.277. The maximum absolute atomic E-state index is 12.4. The van der Waals surface area contributed by atoms with Crippen LogP contribution >= 0.6 is 11.6 Å². The molecule has 0 aliphatic rings. The van der Waals surface area contributed by atoms with Crippen molar-refractivity contribution in [3.63, 3.8) is 0 Å². The average molecular weight is 283 g/mol. The van der Waals surface area contributed by atoms with E-state index in [-0.39, 0.29) is 24.8 Å². The molecule has 18 heavy (non-hydrogen) atoms. The van der Waals surface area contributed by atoms with Gasteiger partial charge in [0.25, 0.3) is 0 Å². The van der Waals surface area contributed by atoms with Crippen molar-refractivity contribution in [2.45, 2.75) is 13.1 Å². The number of amides is 1. The van der Waals surface area contributed by atoms with E-state index in [1.165, 1.54) is 6.92 Å². The average Bonchev–Trinajstić information content (AvgIpc) is 2.22. The summed E-state index contributed by atoms with van der Waals surface area (Å²) in [7, 11) is 0. The van der Waals surface area contributed by atoms with Crippen molar-refractivity contribution < 1.29 is 18.0 Å². The van der Waals surface area contributed by atoms with Crippen LogP contribution in [0.3, 0.4) is 0 Å². The Morgan fingerprint density at radius 1 is 1.39 bits per heavy atom. The third kappa shape index (κ3) is 4.74. The second-order valence-corrected chi connectivity index (χ2v) is 3.65. The number of rotatable bonds is 4. The molecule has 0 fully saturated rings. The minimum atomic E-state index is -4.58. The van der Waals surface area contributed by atoms with Gasteiger partial charge in [-0.15, -0.1) is 0 Å². The fourth-order valence-corrected chi connectivity index (χ4v) is 1.26. The van der Waals surface area contributed by atoms with E-state index in [2.05, 4.69) is 20.6 Å². The molecule has 9 heteroatoms. The first kappa shape index (κ1) is 14.5. The van der Waals surface area contributed by atoms with E-state index >= 15 is 0 Å². The molecule has 1 amide bonds. The van der Waals surface area contributed by atoms with Crippen molar-refractivity contribution >= 4 is 23.3 Å². The van der Waals surface area contributed by atoms with Crippen molar-refractivity contribution in [1.82, 2.24) is 15.3 Å². The second-order valence-electron chi connectivity index (χ2n) is 3.31. The molecule has 0 saturated carbocycles. The van der Waals surface area contributed by atoms with Crippen LogP contribution in [0.4, 0.5) is 19.0 Å². The van der Waals surface area contributed by atoms with Crippen molar-refractivity contribution in [3.05, 3.63) is 17.0 Å². The highest BCUT2D eigenvalue weighted by atomic mass is 35.5. The van der Waals surface area contributed by atoms with Crippen molar-refractivity contribution in [2.24, 2.45) is 0 Å². The number of alkyl halides is 3. The van der Waals surface area contributed by atoms with Gasteiger partial charge in [0.1, 0.15) is 5.82 Å². The lowest BCUT2D eigenvalue weighted by molar-refractivity contribution is -0.141. The van der Waals surface area contributed by atoms with Gasteiger partial charge < -0.3 is 10.6 Å². The maximum atomic E-state index is 12.4. The number of hydrogen-bond donors (Lipinski definition) is 2. The minimum Gasteiger partial charge on any atom is -0.368 e. The van der Waals surface area contributed by atoms with Gasteiger partial charge >= 0.3 is 6.18 Å². The summed E-state index contributed by atoms with van der Waals surface area (Å²) in [6.07, 6.45) is -4.58. The van der Waals surface area contributed by atoms with Gasteiger partial charge in [-0.1, -0.05) is 0 Å². The van der Waals surface area contributed by atoms with Gasteiger partial charge in [-0.25, -0.2) is 9.97 Å². The van der Waals surface area contributed by atoms with E-state index in [1.807, 2.05) is 0 Å². The van der Waals surface area contributed by atoms with E-state index in [1.54, 1.807) is 0 Å². The third-order valence-electron chi connectivity index (χ3n) is 1.79. The molecule has 1 aromatic heterocycles. The standard InChI is InChI=1S/C9H10ClF3N4O/c1-5(18)14-2-3-15-7-4-6(9(11,12)13)16-8(10)17-7/h4H,2-3H2,1H3,(H,14,18)(H,15,16,17). The molecule has 1 rings (SSSR count). The monoisotopic (exact) mass is 282 g/mol. The molecular weight excluding hydrogens is 273 g/mol. The van der Waals surface area contributed by atoms with Crippen LogP contribution < -0.4 is 10.6 Å². The van der Waals surface area contributed by atoms with E-state index in [4.69, 9.17) is 11.6 Å². The van der Waals surface area contributed by atoms with Crippen molar-refractivity contribution in [3.8, 4) is 0 Å². The number of halogens is 4. The van der Waals surface area contributed by atoms with Crippen LogP contribution in [-0.4, -0.2) is 29.0 Å². The summed E-state index contributed by atoms with van der Waals surface area (Å²) in [5, 5.41) is 4.58. The quantitative estimate of drug-likeness (QED) is 0.651. The smallest absolute Gasteiger partial charge is 0.368 e. The van der Waals surface area contributed by atoms with Gasteiger partial charge in [0.05, 0.1) is 0 Å². The highest BCUT2D eigenvalue weighted by Gasteiger charge is 2.33. The lowest BCUT2D eigenvalue weighted by Gasteiger charge is -2.09. The van der Waals surface area contributed by atoms with Crippen LogP contribution in [0.1, 0.15) is 12.6 Å². The van der Waals surface area contributed by atoms with Crippen molar-refractivity contribution in [2.75, 3.05) is 18.4 Å². The molecule has 0 saturated heterocycles. The Balaban J connectivity index is 2.66. The molecule has 1 aromatic rings. The van der Waals surface area contributed by atoms with Gasteiger partial charge in [0, 0.05) is 26.1 Å². The Morgan fingerprint density at radius 2 is 2.06 bits per heavy atom. The summed E-state index contributed by atoms with van der Waals surface area (Å²) in [6.45, 7) is 1.83. The maximum Gasteiger partial charge on any atom is 0.433 e. The van der Waals surface area contributed by atoms with E-state index < -0.39 is 17.2 Å². The lowest BCUT2D eigenvalue weighted by Crippen LogP contribution is -2.26. The van der Waals surface area contributed by atoms with Crippen LogP contribution in [0.15, 0.2) is 6.07 Å². The van der Waals surface area contributed by atoms with Gasteiger partial charge in [0.2, 0.25) is 11.2 Å². The molecule has 0 radical (unpaired) electrons. The summed E-state index contributed by atoms with van der Waals surface area (Å²) >= 11 is 5.39. The number of carbonyl (C=O) groups is 1. The Bertz CT molecular complexity index is 438. The Hall–Kier alpha value is -1.57. The summed E-state index contributed by atoms with van der Waals surface area (Å²) < 4.78 is 37.2. The zero-order valence-corrected chi connectivity index (χ0v) is 10.1. The predicted octanol–water partition coefficient (Wildman–Crippen LogP) is 1.70. The summed E-state index contributed by atoms with van der Waals surface area (Å²) in [5.41, 5.74) is -1.12. The van der Waals surface area contributed by atoms with Crippen molar-refractivity contribution in [1.29, 1.82) is 0 Å². The molecule has 0 spiro atoms. The van der Waals surface area contributed by atoms with Gasteiger partial charge in [-0.05, 0) is 11.6 Å². The first-order valence-corrected chi connectivity index (χ1v) is 5.27. The van der Waals surface area contributed by atoms with E-state index in [0.29, 0.717) is 0 Å². The first-order valence-electron chi connectivity index (χ1n) is 4.89. The molecule has 0 aromatic carbocycles. The lowest BCUT2D eigenvalue weighted by atomic mass is 10.4. The molecule has 0 aliphatic heterocycles. The van der Waals surface area contributed by atoms with Crippen LogP contribution in [-0.2, 0) is 11.0 Å². The number of aromatic nitrogens is 2. The molecule has 0 bridgehead atoms. The fourth-order valence-electron chi connectivity index (χ4n) is 1.08. The highest BCUT2D eigenvalue weighted by molar-refractivity contribution is 6.28. The first-order chi connectivity index (χ1) is 8.29. The third-order valence-corrected chi connectivity index (χ3v) is 1.96. The molecule has 0 aliphatic carbocycles. The molecule has 5 nitrogen and oxygen atoms in total. The highest BCUT2D eigenvalue weighted by Crippen LogP contribution is 2.29. The minimum absolute atomic E-state index is 0.0484. The Morgan fingerprint density at radius 3 is 2.61 bits per heavy atom. The molecular formula is C9H10ClF3N4O. The molecule has 100 valence electrons. The molecule has 0 atom stereocenters. The zero-order chi connectivity index (χ0) is 13.8. The summed E-state index contributed by atoms with van der Waals surface area (Å²) in [4.78, 5) is 17.2. The largest absolute Gasteiger partial charge is 0.433 e. The van der Waals surface area contributed by atoms with Gasteiger partial charge in [0.15, 0.2) is 5.69 Å². The number of hydrogen-bond acceptors (Lipinski definition) is 4. The zero-order valence-electron chi connectivity index (χ0n) is 9.31. The van der Waals surface area contributed by atoms with E-state index in [9.17, 15) is 18.0 Å². The van der Waals surface area contributed by atoms with Gasteiger partial charge in [-0.2, -0.15) is 13.2 Å². The van der Waals surface area contributed by atoms with Gasteiger partial charge in [-0.3, -0.25) is 4.79 Å². The Labute approximate surface area is 106 Å². The second kappa shape index (κ2) is 5.85. The van der Waals surface area contributed by atoms with Crippen LogP contribution in [0.25, 0.3) is 0 Å². The SMILES string of the molecule is CC(=O)NCCNc1cc(C(F)(F)F)nc(Cl)n1. The number of nitrogens with zero attached hydrogens (tertiary/aromatic N) is 2. The Kier molecular flexibility index (Phi) is 4.71. The van der Waals surface area contributed by atoms with Crippen LogP contribution in [0.5, 0.6) is 0 Å². The fraction of sp³-hybridized carbons (Fsp3) is 0.444. The molecule has 1 heterocycles. The topological polar surface area (TPSA) is 66.9 Å². The molecule has 0 unspecified atom stereocenters. The van der Waals surface area contributed by atoms with E-state index in [0.717, 1.165) is 6.07 Å². The molecule has 2 N–H and O–H groups in total. The number of anilines is 1. The normalized spacial score (nSPS) is 11.2. The number of carbonyl (C=O) groups excluding carboxylic acids is 1.